The molecule has 0 spiro atoms. The van der Waals surface area contributed by atoms with Gasteiger partial charge in [0.2, 0.25) is 0 Å². The molecule has 1 N–H and O–H groups in total. The second kappa shape index (κ2) is 10.6. The van der Waals surface area contributed by atoms with Gasteiger partial charge < -0.3 is 9.84 Å². The predicted octanol–water partition coefficient (Wildman–Crippen LogP) is 5.13. The summed E-state index contributed by atoms with van der Waals surface area (Å²) in [5.74, 6) is 0.800. The SMILES string of the molecule is OC1CN(CC(F)CCc2ccccc2)CCc2cc(OCc3ccccc3)ccc21. The van der Waals surface area contributed by atoms with Crippen molar-refractivity contribution in [2.24, 2.45) is 0 Å². The van der Waals surface area contributed by atoms with Gasteiger partial charge in [-0.1, -0.05) is 66.7 Å². The smallest absolute Gasteiger partial charge is 0.120 e. The van der Waals surface area contributed by atoms with Gasteiger partial charge in [-0.25, -0.2) is 4.39 Å². The first-order valence-corrected chi connectivity index (χ1v) is 11.1. The summed E-state index contributed by atoms with van der Waals surface area (Å²) < 4.78 is 20.6. The maximum absolute atomic E-state index is 14.6. The van der Waals surface area contributed by atoms with Gasteiger partial charge in [0, 0.05) is 19.6 Å². The van der Waals surface area contributed by atoms with Gasteiger partial charge in [-0.15, -0.1) is 0 Å². The number of aliphatic hydroxyl groups excluding tert-OH is 1. The van der Waals surface area contributed by atoms with Gasteiger partial charge in [0.05, 0.1) is 6.10 Å². The normalized spacial score (nSPS) is 17.5. The van der Waals surface area contributed by atoms with Crippen molar-refractivity contribution >= 4 is 0 Å². The highest BCUT2D eigenvalue weighted by Crippen LogP contribution is 2.28. The van der Waals surface area contributed by atoms with E-state index >= 15 is 0 Å². The Morgan fingerprint density at radius 1 is 0.968 bits per heavy atom. The van der Waals surface area contributed by atoms with Crippen molar-refractivity contribution in [2.75, 3.05) is 19.6 Å². The van der Waals surface area contributed by atoms with Crippen LogP contribution in [0.2, 0.25) is 0 Å². The number of rotatable bonds is 8. The maximum Gasteiger partial charge on any atom is 0.120 e. The third-order valence-electron chi connectivity index (χ3n) is 5.90. The molecule has 0 bridgehead atoms. The van der Waals surface area contributed by atoms with E-state index in [0.717, 1.165) is 47.4 Å². The minimum Gasteiger partial charge on any atom is -0.489 e. The lowest BCUT2D eigenvalue weighted by Gasteiger charge is -2.24. The topological polar surface area (TPSA) is 32.7 Å². The number of alkyl halides is 1. The van der Waals surface area contributed by atoms with Crippen molar-refractivity contribution in [3.8, 4) is 5.75 Å². The lowest BCUT2D eigenvalue weighted by atomic mass is 10.0. The van der Waals surface area contributed by atoms with E-state index in [4.69, 9.17) is 4.74 Å². The molecule has 0 saturated heterocycles. The zero-order valence-corrected chi connectivity index (χ0v) is 17.8. The molecular weight excluding hydrogens is 389 g/mol. The van der Waals surface area contributed by atoms with Crippen molar-refractivity contribution in [2.45, 2.75) is 38.1 Å². The van der Waals surface area contributed by atoms with Gasteiger partial charge in [0.1, 0.15) is 18.5 Å². The van der Waals surface area contributed by atoms with Gasteiger partial charge in [-0.05, 0) is 53.6 Å². The summed E-state index contributed by atoms with van der Waals surface area (Å²) in [5, 5.41) is 10.7. The molecule has 0 aliphatic carbocycles. The van der Waals surface area contributed by atoms with Crippen LogP contribution in [-0.2, 0) is 19.4 Å². The molecule has 4 heteroatoms. The number of β-amino-alcohol motifs (C(OH)–C–C–N with tert-alkyl or cyclic N) is 1. The van der Waals surface area contributed by atoms with E-state index < -0.39 is 12.3 Å². The van der Waals surface area contributed by atoms with Crippen LogP contribution in [-0.4, -0.2) is 35.8 Å². The van der Waals surface area contributed by atoms with Crippen LogP contribution in [0.25, 0.3) is 0 Å². The van der Waals surface area contributed by atoms with Crippen molar-refractivity contribution in [3.05, 3.63) is 101 Å². The average Bonchev–Trinajstić information content (AvgIpc) is 2.96. The number of ether oxygens (including phenoxy) is 1. The lowest BCUT2D eigenvalue weighted by molar-refractivity contribution is 0.101. The Labute approximate surface area is 184 Å². The number of aryl methyl sites for hydroxylation is 1. The monoisotopic (exact) mass is 419 g/mol. The van der Waals surface area contributed by atoms with Crippen molar-refractivity contribution in [3.63, 3.8) is 0 Å². The molecule has 0 aromatic heterocycles. The van der Waals surface area contributed by atoms with Gasteiger partial charge in [0.25, 0.3) is 0 Å². The molecule has 3 aromatic carbocycles. The molecule has 4 rings (SSSR count). The molecular formula is C27H30FNO2. The Hall–Kier alpha value is -2.69. The van der Waals surface area contributed by atoms with E-state index in [9.17, 15) is 9.50 Å². The minimum absolute atomic E-state index is 0.356. The van der Waals surface area contributed by atoms with Crippen LogP contribution in [0.1, 0.15) is 34.8 Å². The summed E-state index contributed by atoms with van der Waals surface area (Å²) in [6, 6.07) is 26.0. The Balaban J connectivity index is 1.32. The molecule has 1 aliphatic rings. The Morgan fingerprint density at radius 2 is 1.68 bits per heavy atom. The first kappa shape index (κ1) is 21.5. The summed E-state index contributed by atoms with van der Waals surface area (Å²) >= 11 is 0. The molecule has 0 fully saturated rings. The molecule has 0 radical (unpaired) electrons. The molecule has 1 aliphatic heterocycles. The predicted molar refractivity (Wildman–Crippen MR) is 122 cm³/mol. The maximum atomic E-state index is 14.6. The van der Waals surface area contributed by atoms with E-state index in [1.54, 1.807) is 0 Å². The van der Waals surface area contributed by atoms with Crippen LogP contribution in [0.4, 0.5) is 4.39 Å². The largest absolute Gasteiger partial charge is 0.489 e. The van der Waals surface area contributed by atoms with Crippen molar-refractivity contribution < 1.29 is 14.2 Å². The van der Waals surface area contributed by atoms with E-state index in [1.807, 2.05) is 83.8 Å². The third-order valence-corrected chi connectivity index (χ3v) is 5.90. The standard InChI is InChI=1S/C27H30FNO2/c28-24(12-11-21-7-3-1-4-8-21)18-29-16-15-23-17-25(13-14-26(23)27(30)19-29)31-20-22-9-5-2-6-10-22/h1-10,13-14,17,24,27,30H,11-12,15-16,18-20H2. The molecule has 162 valence electrons. The second-order valence-corrected chi connectivity index (χ2v) is 8.28. The highest BCUT2D eigenvalue weighted by molar-refractivity contribution is 5.38. The fourth-order valence-corrected chi connectivity index (χ4v) is 4.17. The van der Waals surface area contributed by atoms with Crippen LogP contribution in [0, 0.1) is 0 Å². The minimum atomic E-state index is -0.904. The molecule has 3 aromatic rings. The van der Waals surface area contributed by atoms with E-state index in [2.05, 4.69) is 0 Å². The van der Waals surface area contributed by atoms with E-state index in [1.165, 1.54) is 0 Å². The van der Waals surface area contributed by atoms with Crippen molar-refractivity contribution in [1.29, 1.82) is 0 Å². The molecule has 31 heavy (non-hydrogen) atoms. The zero-order chi connectivity index (χ0) is 21.5. The lowest BCUT2D eigenvalue weighted by Crippen LogP contribution is -2.34. The number of aliphatic hydroxyl groups is 1. The van der Waals surface area contributed by atoms with Crippen LogP contribution in [0.5, 0.6) is 5.75 Å². The molecule has 2 atom stereocenters. The Kier molecular flexibility index (Phi) is 7.34. The second-order valence-electron chi connectivity index (χ2n) is 8.28. The summed E-state index contributed by atoms with van der Waals surface area (Å²) in [7, 11) is 0. The number of hydrogen-bond acceptors (Lipinski definition) is 3. The van der Waals surface area contributed by atoms with Crippen LogP contribution in [0.3, 0.4) is 0 Å². The number of fused-ring (bicyclic) bond motifs is 1. The van der Waals surface area contributed by atoms with E-state index in [0.29, 0.717) is 26.1 Å². The Morgan fingerprint density at radius 3 is 2.42 bits per heavy atom. The first-order valence-electron chi connectivity index (χ1n) is 11.1. The van der Waals surface area contributed by atoms with Crippen molar-refractivity contribution in [1.82, 2.24) is 4.90 Å². The third kappa shape index (κ3) is 6.16. The summed E-state index contributed by atoms with van der Waals surface area (Å²) in [6.07, 6.45) is 0.502. The summed E-state index contributed by atoms with van der Waals surface area (Å²) in [6.45, 7) is 2.06. The van der Waals surface area contributed by atoms with Crippen LogP contribution in [0.15, 0.2) is 78.9 Å². The fraction of sp³-hybridized carbons (Fsp3) is 0.333. The van der Waals surface area contributed by atoms with Gasteiger partial charge in [0.15, 0.2) is 0 Å². The fourth-order valence-electron chi connectivity index (χ4n) is 4.17. The first-order chi connectivity index (χ1) is 15.2. The molecule has 0 saturated carbocycles. The van der Waals surface area contributed by atoms with Crippen LogP contribution >= 0.6 is 0 Å². The summed E-state index contributed by atoms with van der Waals surface area (Å²) in [5.41, 5.74) is 4.29. The number of hydrogen-bond donors (Lipinski definition) is 1. The van der Waals surface area contributed by atoms with Gasteiger partial charge in [-0.3, -0.25) is 4.90 Å². The van der Waals surface area contributed by atoms with Gasteiger partial charge in [-0.2, -0.15) is 0 Å². The molecule has 0 amide bonds. The quantitative estimate of drug-likeness (QED) is 0.550. The average molecular weight is 420 g/mol. The Bertz CT molecular complexity index is 948. The highest BCUT2D eigenvalue weighted by atomic mass is 19.1. The molecule has 1 heterocycles. The molecule has 2 unspecified atom stereocenters. The highest BCUT2D eigenvalue weighted by Gasteiger charge is 2.23. The van der Waals surface area contributed by atoms with Gasteiger partial charge >= 0.3 is 0 Å². The zero-order valence-electron chi connectivity index (χ0n) is 17.8. The summed E-state index contributed by atoms with van der Waals surface area (Å²) in [4.78, 5) is 2.05. The molecule has 3 nitrogen and oxygen atoms in total. The van der Waals surface area contributed by atoms with E-state index in [-0.39, 0.29) is 0 Å². The number of halogens is 1. The number of benzene rings is 3. The van der Waals surface area contributed by atoms with Crippen LogP contribution < -0.4 is 4.74 Å². The number of nitrogens with zero attached hydrogens (tertiary/aromatic N) is 1.